The average Bonchev–Trinajstić information content (AvgIpc) is 2.91. The quantitative estimate of drug-likeness (QED) is 0.881. The van der Waals surface area contributed by atoms with E-state index >= 15 is 0 Å². The highest BCUT2D eigenvalue weighted by Crippen LogP contribution is 2.33. The van der Waals surface area contributed by atoms with Crippen molar-refractivity contribution in [1.82, 2.24) is 5.32 Å². The number of aliphatic imine (C=N–C) groups is 1. The number of anilines is 1. The lowest BCUT2D eigenvalue weighted by Gasteiger charge is -2.27. The number of nitrogens with zero attached hydrogens (tertiary/aromatic N) is 1. The van der Waals surface area contributed by atoms with Crippen molar-refractivity contribution in [2.75, 3.05) is 19.4 Å². The van der Waals surface area contributed by atoms with Crippen molar-refractivity contribution in [2.45, 2.75) is 26.2 Å². The summed E-state index contributed by atoms with van der Waals surface area (Å²) < 4.78 is 0. The van der Waals surface area contributed by atoms with Gasteiger partial charge in [0.1, 0.15) is 5.84 Å². The summed E-state index contributed by atoms with van der Waals surface area (Å²) in [5.41, 5.74) is 4.67. The lowest BCUT2D eigenvalue weighted by molar-refractivity contribution is 0.601. The average molecular weight is 269 g/mol. The Balaban J connectivity index is 2.35. The fraction of sp³-hybridized carbons (Fsp3) is 0.353. The number of hydrogen-bond donors (Lipinski definition) is 2. The maximum atomic E-state index is 4.30. The van der Waals surface area contributed by atoms with E-state index in [2.05, 4.69) is 65.9 Å². The lowest BCUT2D eigenvalue weighted by atomic mass is 9.81. The molecule has 0 saturated heterocycles. The number of allylic oxidation sites excluding steroid dienone is 2. The van der Waals surface area contributed by atoms with Gasteiger partial charge >= 0.3 is 0 Å². The van der Waals surface area contributed by atoms with Crippen LogP contribution >= 0.6 is 0 Å². The molecule has 0 bridgehead atoms. The third-order valence-electron chi connectivity index (χ3n) is 3.93. The molecule has 1 aliphatic heterocycles. The molecule has 1 aromatic carbocycles. The minimum atomic E-state index is -0.0764. The molecule has 2 rings (SSSR count). The van der Waals surface area contributed by atoms with E-state index in [0.717, 1.165) is 17.1 Å². The van der Waals surface area contributed by atoms with Crippen LogP contribution in [-0.2, 0) is 5.41 Å². The summed E-state index contributed by atoms with van der Waals surface area (Å²) in [4.78, 5) is 4.30. The predicted octanol–water partition coefficient (Wildman–Crippen LogP) is 3.47. The van der Waals surface area contributed by atoms with Crippen molar-refractivity contribution in [3.05, 3.63) is 53.3 Å². The zero-order valence-electron chi connectivity index (χ0n) is 12.9. The van der Waals surface area contributed by atoms with E-state index in [-0.39, 0.29) is 5.41 Å². The molecule has 0 atom stereocenters. The maximum Gasteiger partial charge on any atom is 0.131 e. The van der Waals surface area contributed by atoms with E-state index in [4.69, 9.17) is 0 Å². The molecule has 0 radical (unpaired) electrons. The molecule has 2 N–H and O–H groups in total. The van der Waals surface area contributed by atoms with E-state index < -0.39 is 0 Å². The minimum Gasteiger partial charge on any atom is -0.388 e. The van der Waals surface area contributed by atoms with Gasteiger partial charge in [0.15, 0.2) is 0 Å². The van der Waals surface area contributed by atoms with Crippen LogP contribution in [0.4, 0.5) is 5.69 Å². The first-order chi connectivity index (χ1) is 9.52. The predicted molar refractivity (Wildman–Crippen MR) is 87.3 cm³/mol. The molecule has 0 spiro atoms. The van der Waals surface area contributed by atoms with Crippen LogP contribution in [0.1, 0.15) is 26.3 Å². The summed E-state index contributed by atoms with van der Waals surface area (Å²) in [7, 11) is 3.75. The molecule has 20 heavy (non-hydrogen) atoms. The Kier molecular flexibility index (Phi) is 3.98. The van der Waals surface area contributed by atoms with E-state index in [1.165, 1.54) is 11.3 Å². The number of hydrogen-bond acceptors (Lipinski definition) is 2. The first-order valence-electron chi connectivity index (χ1n) is 6.94. The Hall–Kier alpha value is -2.03. The molecule has 0 fully saturated rings. The van der Waals surface area contributed by atoms with E-state index in [1.54, 1.807) is 0 Å². The highest BCUT2D eigenvalue weighted by molar-refractivity contribution is 6.05. The van der Waals surface area contributed by atoms with Crippen LogP contribution in [-0.4, -0.2) is 19.9 Å². The van der Waals surface area contributed by atoms with Crippen molar-refractivity contribution < 1.29 is 0 Å². The normalized spacial score (nSPS) is 19.1. The lowest BCUT2D eigenvalue weighted by Crippen LogP contribution is -2.30. The summed E-state index contributed by atoms with van der Waals surface area (Å²) in [6.45, 7) is 6.49. The summed E-state index contributed by atoms with van der Waals surface area (Å²) in [6, 6.07) is 8.56. The fourth-order valence-electron chi connectivity index (χ4n) is 2.41. The van der Waals surface area contributed by atoms with Crippen LogP contribution in [0.2, 0.25) is 0 Å². The molecule has 0 amide bonds. The standard InChI is InChI=1S/C17H23N3/c1-6-12-11-15(20-16(12)19-5)17(2,3)13-7-9-14(18-4)10-8-13/h6-11,18H,1-5H3,(H,19,20)/b12-6-. The number of nitrogens with one attached hydrogen (secondary N) is 2. The van der Waals surface area contributed by atoms with Gasteiger partial charge < -0.3 is 10.6 Å². The van der Waals surface area contributed by atoms with Crippen LogP contribution < -0.4 is 10.6 Å². The third-order valence-corrected chi connectivity index (χ3v) is 3.93. The summed E-state index contributed by atoms with van der Waals surface area (Å²) >= 11 is 0. The Morgan fingerprint density at radius 3 is 2.30 bits per heavy atom. The molecular weight excluding hydrogens is 246 g/mol. The highest BCUT2D eigenvalue weighted by atomic mass is 15.0. The molecule has 0 aliphatic carbocycles. The fourth-order valence-corrected chi connectivity index (χ4v) is 2.41. The Morgan fingerprint density at radius 2 is 1.85 bits per heavy atom. The van der Waals surface area contributed by atoms with Crippen molar-refractivity contribution in [2.24, 2.45) is 4.99 Å². The number of amidine groups is 1. The molecule has 3 nitrogen and oxygen atoms in total. The van der Waals surface area contributed by atoms with Gasteiger partial charge in [0.25, 0.3) is 0 Å². The second-order valence-electron chi connectivity index (χ2n) is 5.45. The molecular formula is C17H23N3. The van der Waals surface area contributed by atoms with Crippen molar-refractivity contribution in [3.8, 4) is 0 Å². The Morgan fingerprint density at radius 1 is 1.20 bits per heavy atom. The van der Waals surface area contributed by atoms with Gasteiger partial charge in [0, 0.05) is 36.5 Å². The molecule has 1 aromatic rings. The van der Waals surface area contributed by atoms with Gasteiger partial charge in [0.05, 0.1) is 0 Å². The summed E-state index contributed by atoms with van der Waals surface area (Å²) in [6.07, 6.45) is 4.27. The van der Waals surface area contributed by atoms with Gasteiger partial charge in [-0.3, -0.25) is 4.99 Å². The third kappa shape index (κ3) is 2.48. The largest absolute Gasteiger partial charge is 0.388 e. The molecule has 1 aliphatic rings. The monoisotopic (exact) mass is 269 g/mol. The van der Waals surface area contributed by atoms with Crippen molar-refractivity contribution >= 4 is 11.5 Å². The second kappa shape index (κ2) is 5.53. The van der Waals surface area contributed by atoms with E-state index in [0.29, 0.717) is 0 Å². The number of rotatable bonds is 3. The van der Waals surface area contributed by atoms with Gasteiger partial charge in [-0.1, -0.05) is 32.1 Å². The van der Waals surface area contributed by atoms with Gasteiger partial charge in [-0.15, -0.1) is 0 Å². The molecule has 3 heteroatoms. The molecule has 1 heterocycles. The topological polar surface area (TPSA) is 36.4 Å². The van der Waals surface area contributed by atoms with Gasteiger partial charge in [-0.25, -0.2) is 0 Å². The van der Waals surface area contributed by atoms with E-state index in [9.17, 15) is 0 Å². The summed E-state index contributed by atoms with van der Waals surface area (Å²) in [5.74, 6) is 0.947. The van der Waals surface area contributed by atoms with Crippen molar-refractivity contribution in [1.29, 1.82) is 0 Å². The Labute approximate surface area is 121 Å². The van der Waals surface area contributed by atoms with Crippen LogP contribution in [0.25, 0.3) is 0 Å². The number of benzene rings is 1. The minimum absolute atomic E-state index is 0.0764. The first-order valence-corrected chi connectivity index (χ1v) is 6.94. The maximum absolute atomic E-state index is 4.30. The smallest absolute Gasteiger partial charge is 0.131 e. The molecule has 106 valence electrons. The zero-order chi connectivity index (χ0) is 14.8. The zero-order valence-corrected chi connectivity index (χ0v) is 12.9. The molecule has 0 unspecified atom stereocenters. The Bertz CT molecular complexity index is 575. The van der Waals surface area contributed by atoms with Gasteiger partial charge in [-0.05, 0) is 30.7 Å². The molecule has 0 saturated carbocycles. The van der Waals surface area contributed by atoms with Crippen molar-refractivity contribution in [3.63, 3.8) is 0 Å². The first kappa shape index (κ1) is 14.4. The highest BCUT2D eigenvalue weighted by Gasteiger charge is 2.30. The van der Waals surface area contributed by atoms with Crippen LogP contribution in [0.3, 0.4) is 0 Å². The SMILES string of the molecule is C/C=C1/C=C(C(C)(C)c2ccc(NC)cc2)NC1=NC. The van der Waals surface area contributed by atoms with Crippen LogP contribution in [0.5, 0.6) is 0 Å². The van der Waals surface area contributed by atoms with Gasteiger partial charge in [-0.2, -0.15) is 0 Å². The van der Waals surface area contributed by atoms with Gasteiger partial charge in [0.2, 0.25) is 0 Å². The van der Waals surface area contributed by atoms with Crippen LogP contribution in [0.15, 0.2) is 52.7 Å². The summed E-state index contributed by atoms with van der Waals surface area (Å²) in [5, 5.41) is 6.59. The van der Waals surface area contributed by atoms with Crippen LogP contribution in [0, 0.1) is 0 Å². The second-order valence-corrected chi connectivity index (χ2v) is 5.45. The molecule has 0 aromatic heterocycles. The van der Waals surface area contributed by atoms with E-state index in [1.807, 2.05) is 21.0 Å².